The van der Waals surface area contributed by atoms with Gasteiger partial charge >= 0.3 is 0 Å². The van der Waals surface area contributed by atoms with Crippen molar-refractivity contribution in [3.63, 3.8) is 0 Å². The summed E-state index contributed by atoms with van der Waals surface area (Å²) in [4.78, 5) is 14.7. The first kappa shape index (κ1) is 16.7. The van der Waals surface area contributed by atoms with Crippen LogP contribution in [0.1, 0.15) is 34.9 Å². The predicted octanol–water partition coefficient (Wildman–Crippen LogP) is 3.02. The molecule has 4 heteroatoms. The predicted molar refractivity (Wildman–Crippen MR) is 93.0 cm³/mol. The molecule has 1 aliphatic heterocycles. The number of aliphatic hydroxyl groups excluding tert-OH is 1. The fourth-order valence-electron chi connectivity index (χ4n) is 3.26. The molecule has 1 heterocycles. The molecule has 2 aromatic carbocycles. The van der Waals surface area contributed by atoms with Crippen LogP contribution in [-0.2, 0) is 0 Å². The molecule has 1 saturated heterocycles. The lowest BCUT2D eigenvalue weighted by Crippen LogP contribution is -2.38. The third kappa shape index (κ3) is 4.02. The van der Waals surface area contributed by atoms with Crippen LogP contribution < -0.4 is 0 Å². The largest absolute Gasteiger partial charge is 0.508 e. The second kappa shape index (κ2) is 7.60. The highest BCUT2D eigenvalue weighted by molar-refractivity contribution is 5.98. The minimum absolute atomic E-state index is 0.0275. The molecule has 1 unspecified atom stereocenters. The maximum absolute atomic E-state index is 12.5. The second-order valence-electron chi connectivity index (χ2n) is 6.41. The number of phenolic OH excluding ortho intramolecular Hbond substituents is 1. The summed E-state index contributed by atoms with van der Waals surface area (Å²) in [7, 11) is 0. The van der Waals surface area contributed by atoms with E-state index in [1.54, 1.807) is 24.3 Å². The zero-order chi connectivity index (χ0) is 16.9. The Hall–Kier alpha value is -2.17. The number of rotatable bonds is 5. The van der Waals surface area contributed by atoms with E-state index in [1.165, 1.54) is 0 Å². The molecule has 1 aliphatic rings. The Bertz CT molecular complexity index is 661. The lowest BCUT2D eigenvalue weighted by atomic mass is 9.88. The summed E-state index contributed by atoms with van der Waals surface area (Å²) in [5, 5.41) is 19.6. The molecular weight excluding hydrogens is 302 g/mol. The minimum Gasteiger partial charge on any atom is -0.508 e. The van der Waals surface area contributed by atoms with Gasteiger partial charge in [-0.1, -0.05) is 30.3 Å². The molecular formula is C20H23NO3. The Balaban J connectivity index is 1.52. The Morgan fingerprint density at radius 3 is 2.29 bits per heavy atom. The lowest BCUT2D eigenvalue weighted by molar-refractivity contribution is 0.0727. The molecule has 0 radical (unpaired) electrons. The average molecular weight is 325 g/mol. The third-order valence-corrected chi connectivity index (χ3v) is 4.73. The molecule has 2 aromatic rings. The van der Waals surface area contributed by atoms with Crippen molar-refractivity contribution in [1.82, 2.24) is 4.90 Å². The third-order valence-electron chi connectivity index (χ3n) is 4.73. The quantitative estimate of drug-likeness (QED) is 0.830. The minimum atomic E-state index is -0.490. The van der Waals surface area contributed by atoms with Gasteiger partial charge in [0.25, 0.3) is 0 Å². The van der Waals surface area contributed by atoms with E-state index in [0.29, 0.717) is 12.1 Å². The topological polar surface area (TPSA) is 60.8 Å². The Labute approximate surface area is 142 Å². The molecule has 126 valence electrons. The van der Waals surface area contributed by atoms with Crippen LogP contribution in [-0.4, -0.2) is 40.5 Å². The van der Waals surface area contributed by atoms with E-state index in [1.807, 2.05) is 30.3 Å². The number of hydrogen-bond acceptors (Lipinski definition) is 4. The first-order valence-corrected chi connectivity index (χ1v) is 8.42. The van der Waals surface area contributed by atoms with Crippen molar-refractivity contribution < 1.29 is 15.0 Å². The fourth-order valence-corrected chi connectivity index (χ4v) is 3.26. The van der Waals surface area contributed by atoms with Gasteiger partial charge in [0.2, 0.25) is 0 Å². The van der Waals surface area contributed by atoms with Gasteiger partial charge in [-0.3, -0.25) is 4.79 Å². The number of aliphatic hydroxyl groups is 1. The van der Waals surface area contributed by atoms with Gasteiger partial charge in [0.15, 0.2) is 5.78 Å². The highest BCUT2D eigenvalue weighted by Crippen LogP contribution is 2.24. The van der Waals surface area contributed by atoms with Gasteiger partial charge in [0.1, 0.15) is 5.75 Å². The van der Waals surface area contributed by atoms with Crippen LogP contribution in [0.15, 0.2) is 54.6 Å². The molecule has 0 spiro atoms. The Morgan fingerprint density at radius 1 is 1.04 bits per heavy atom. The molecule has 24 heavy (non-hydrogen) atoms. The maximum atomic E-state index is 12.5. The molecule has 0 saturated carbocycles. The number of likely N-dealkylation sites (tertiary alicyclic amines) is 1. The van der Waals surface area contributed by atoms with Crippen molar-refractivity contribution >= 4 is 5.78 Å². The van der Waals surface area contributed by atoms with Crippen LogP contribution in [0.4, 0.5) is 0 Å². The van der Waals surface area contributed by atoms with Crippen LogP contribution in [0.3, 0.4) is 0 Å². The van der Waals surface area contributed by atoms with Crippen molar-refractivity contribution in [2.24, 2.45) is 5.92 Å². The standard InChI is InChI=1S/C20H23NO3/c22-18-8-6-16(7-9-18)20(24)17-10-12-21(13-11-17)14-19(23)15-4-2-1-3-5-15/h1-9,17,19,22-23H,10-14H2. The average Bonchev–Trinajstić information content (AvgIpc) is 2.63. The van der Waals surface area contributed by atoms with Gasteiger partial charge in [-0.2, -0.15) is 0 Å². The zero-order valence-electron chi connectivity index (χ0n) is 13.6. The van der Waals surface area contributed by atoms with Crippen molar-refractivity contribution in [1.29, 1.82) is 0 Å². The normalized spacial score (nSPS) is 17.5. The van der Waals surface area contributed by atoms with Gasteiger partial charge in [-0.15, -0.1) is 0 Å². The van der Waals surface area contributed by atoms with Crippen LogP contribution in [0, 0.1) is 5.92 Å². The molecule has 3 rings (SSSR count). The molecule has 4 nitrogen and oxygen atoms in total. The second-order valence-corrected chi connectivity index (χ2v) is 6.41. The molecule has 0 aliphatic carbocycles. The highest BCUT2D eigenvalue weighted by atomic mass is 16.3. The fraction of sp³-hybridized carbons (Fsp3) is 0.350. The molecule has 0 amide bonds. The van der Waals surface area contributed by atoms with Crippen LogP contribution in [0.25, 0.3) is 0 Å². The zero-order valence-corrected chi connectivity index (χ0v) is 13.6. The van der Waals surface area contributed by atoms with E-state index in [9.17, 15) is 15.0 Å². The van der Waals surface area contributed by atoms with E-state index in [4.69, 9.17) is 0 Å². The van der Waals surface area contributed by atoms with E-state index in [2.05, 4.69) is 4.90 Å². The number of carbonyl (C=O) groups excluding carboxylic acids is 1. The van der Waals surface area contributed by atoms with Gasteiger partial charge < -0.3 is 15.1 Å². The smallest absolute Gasteiger partial charge is 0.166 e. The number of piperidine rings is 1. The summed E-state index contributed by atoms with van der Waals surface area (Å²) < 4.78 is 0. The lowest BCUT2D eigenvalue weighted by Gasteiger charge is -2.32. The molecule has 2 N–H and O–H groups in total. The number of benzene rings is 2. The monoisotopic (exact) mass is 325 g/mol. The Morgan fingerprint density at radius 2 is 1.67 bits per heavy atom. The Kier molecular flexibility index (Phi) is 5.28. The molecule has 0 aromatic heterocycles. The van der Waals surface area contributed by atoms with Crippen molar-refractivity contribution in [3.8, 4) is 5.75 Å². The summed E-state index contributed by atoms with van der Waals surface area (Å²) in [6, 6.07) is 16.2. The number of nitrogens with zero attached hydrogens (tertiary/aromatic N) is 1. The first-order valence-electron chi connectivity index (χ1n) is 8.42. The molecule has 1 fully saturated rings. The highest BCUT2D eigenvalue weighted by Gasteiger charge is 2.26. The first-order chi connectivity index (χ1) is 11.6. The van der Waals surface area contributed by atoms with Gasteiger partial charge in [0.05, 0.1) is 6.10 Å². The van der Waals surface area contributed by atoms with Gasteiger partial charge in [-0.05, 0) is 55.8 Å². The summed E-state index contributed by atoms with van der Waals surface area (Å²) in [5.41, 5.74) is 1.59. The summed E-state index contributed by atoms with van der Waals surface area (Å²) >= 11 is 0. The number of hydrogen-bond donors (Lipinski definition) is 2. The molecule has 0 bridgehead atoms. The number of β-amino-alcohol motifs (C(OH)–C–C–N with tert-alkyl or cyclic N) is 1. The van der Waals surface area contributed by atoms with Gasteiger partial charge in [0, 0.05) is 18.0 Å². The van der Waals surface area contributed by atoms with Crippen LogP contribution in [0.5, 0.6) is 5.75 Å². The van der Waals surface area contributed by atoms with Crippen LogP contribution >= 0.6 is 0 Å². The van der Waals surface area contributed by atoms with E-state index >= 15 is 0 Å². The number of phenols is 1. The van der Waals surface area contributed by atoms with E-state index in [-0.39, 0.29) is 17.5 Å². The summed E-state index contributed by atoms with van der Waals surface area (Å²) in [5.74, 6) is 0.356. The number of Topliss-reactive ketones (excluding diaryl/α,β-unsaturated/α-hetero) is 1. The van der Waals surface area contributed by atoms with Crippen LogP contribution in [0.2, 0.25) is 0 Å². The van der Waals surface area contributed by atoms with E-state index < -0.39 is 6.10 Å². The number of ketones is 1. The molecule has 1 atom stereocenters. The van der Waals surface area contributed by atoms with Crippen molar-refractivity contribution in [2.75, 3.05) is 19.6 Å². The SMILES string of the molecule is O=C(c1ccc(O)cc1)C1CCN(CC(O)c2ccccc2)CC1. The van der Waals surface area contributed by atoms with Gasteiger partial charge in [-0.25, -0.2) is 0 Å². The van der Waals surface area contributed by atoms with Crippen molar-refractivity contribution in [3.05, 3.63) is 65.7 Å². The number of aromatic hydroxyl groups is 1. The number of carbonyl (C=O) groups is 1. The summed E-state index contributed by atoms with van der Waals surface area (Å²) in [6.45, 7) is 2.24. The van der Waals surface area contributed by atoms with E-state index in [0.717, 1.165) is 31.5 Å². The maximum Gasteiger partial charge on any atom is 0.166 e. The van der Waals surface area contributed by atoms with Crippen molar-refractivity contribution in [2.45, 2.75) is 18.9 Å². The summed E-state index contributed by atoms with van der Waals surface area (Å²) in [6.07, 6.45) is 1.12.